The van der Waals surface area contributed by atoms with Gasteiger partial charge in [-0.25, -0.2) is 8.78 Å². The van der Waals surface area contributed by atoms with Crippen LogP contribution in [0.15, 0.2) is 24.3 Å². The fraction of sp³-hybridized carbons (Fsp3) is 0.500. The molecular formula is C12H14F2O. The first-order valence-electron chi connectivity index (χ1n) is 5.26. The van der Waals surface area contributed by atoms with Gasteiger partial charge in [0.05, 0.1) is 0 Å². The van der Waals surface area contributed by atoms with Gasteiger partial charge < -0.3 is 5.11 Å². The number of benzene rings is 1. The molecule has 1 fully saturated rings. The summed E-state index contributed by atoms with van der Waals surface area (Å²) in [5, 5.41) is 9.27. The number of aromatic hydroxyl groups is 1. The van der Waals surface area contributed by atoms with Crippen molar-refractivity contribution in [2.75, 3.05) is 0 Å². The van der Waals surface area contributed by atoms with E-state index in [0.717, 1.165) is 6.42 Å². The highest BCUT2D eigenvalue weighted by molar-refractivity contribution is 5.31. The maximum absolute atomic E-state index is 13.6. The van der Waals surface area contributed by atoms with Crippen molar-refractivity contribution in [3.05, 3.63) is 29.8 Å². The van der Waals surface area contributed by atoms with Crippen LogP contribution >= 0.6 is 0 Å². The molecule has 2 rings (SSSR count). The first-order chi connectivity index (χ1) is 7.09. The number of phenols is 1. The van der Waals surface area contributed by atoms with Crippen molar-refractivity contribution in [2.45, 2.75) is 37.5 Å². The molecule has 0 radical (unpaired) electrons. The Labute approximate surface area is 87.7 Å². The molecule has 3 heteroatoms. The van der Waals surface area contributed by atoms with Crippen LogP contribution in [0.4, 0.5) is 8.78 Å². The minimum Gasteiger partial charge on any atom is -0.508 e. The molecule has 0 spiro atoms. The van der Waals surface area contributed by atoms with Crippen molar-refractivity contribution in [1.29, 1.82) is 0 Å². The van der Waals surface area contributed by atoms with E-state index in [2.05, 4.69) is 0 Å². The Hall–Kier alpha value is -1.12. The van der Waals surface area contributed by atoms with Crippen molar-refractivity contribution in [1.82, 2.24) is 0 Å². The Morgan fingerprint density at radius 3 is 2.73 bits per heavy atom. The molecule has 1 nitrogen and oxygen atoms in total. The maximum atomic E-state index is 13.6. The number of phenolic OH excluding ortho intramolecular Hbond substituents is 1. The van der Waals surface area contributed by atoms with Crippen LogP contribution in [-0.2, 0) is 0 Å². The zero-order chi connectivity index (χ0) is 10.9. The van der Waals surface area contributed by atoms with E-state index >= 15 is 0 Å². The Balaban J connectivity index is 2.29. The smallest absolute Gasteiger partial charge is 0.254 e. The van der Waals surface area contributed by atoms with Crippen LogP contribution in [0.25, 0.3) is 0 Å². The second kappa shape index (κ2) is 3.80. The minimum atomic E-state index is -2.62. The first kappa shape index (κ1) is 10.4. The SMILES string of the molecule is Oc1cccc(C2CCCCC2(F)F)c1. The fourth-order valence-corrected chi connectivity index (χ4v) is 2.25. The summed E-state index contributed by atoms with van der Waals surface area (Å²) in [4.78, 5) is 0. The quantitative estimate of drug-likeness (QED) is 0.752. The molecule has 1 unspecified atom stereocenters. The third-order valence-electron chi connectivity index (χ3n) is 3.04. The molecular weight excluding hydrogens is 198 g/mol. The van der Waals surface area contributed by atoms with Gasteiger partial charge >= 0.3 is 0 Å². The summed E-state index contributed by atoms with van der Waals surface area (Å²) in [6.45, 7) is 0. The summed E-state index contributed by atoms with van der Waals surface area (Å²) in [6, 6.07) is 6.24. The minimum absolute atomic E-state index is 0.0344. The predicted octanol–water partition coefficient (Wildman–Crippen LogP) is 3.69. The molecule has 0 amide bonds. The van der Waals surface area contributed by atoms with Crippen LogP contribution in [0.5, 0.6) is 5.75 Å². The number of hydrogen-bond acceptors (Lipinski definition) is 1. The fourth-order valence-electron chi connectivity index (χ4n) is 2.25. The van der Waals surface area contributed by atoms with Crippen molar-refractivity contribution in [3.8, 4) is 5.75 Å². The van der Waals surface area contributed by atoms with Gasteiger partial charge in [0.15, 0.2) is 0 Å². The molecule has 0 aromatic heterocycles. The lowest BCUT2D eigenvalue weighted by molar-refractivity contribution is -0.0547. The van der Waals surface area contributed by atoms with Crippen LogP contribution in [0.1, 0.15) is 37.2 Å². The lowest BCUT2D eigenvalue weighted by atomic mass is 9.81. The van der Waals surface area contributed by atoms with Crippen LogP contribution < -0.4 is 0 Å². The summed E-state index contributed by atoms with van der Waals surface area (Å²) >= 11 is 0. The van der Waals surface area contributed by atoms with Gasteiger partial charge in [-0.15, -0.1) is 0 Å². The van der Waals surface area contributed by atoms with Gasteiger partial charge in [0.2, 0.25) is 0 Å². The van der Waals surface area contributed by atoms with Gasteiger partial charge in [-0.3, -0.25) is 0 Å². The second-order valence-electron chi connectivity index (χ2n) is 4.15. The molecule has 0 bridgehead atoms. The Kier molecular flexibility index (Phi) is 2.63. The number of halogens is 2. The first-order valence-corrected chi connectivity index (χ1v) is 5.26. The standard InChI is InChI=1S/C12H14F2O/c13-12(14)7-2-1-6-11(12)9-4-3-5-10(15)8-9/h3-5,8,11,15H,1-2,6-7H2. The molecule has 1 aliphatic rings. The van der Waals surface area contributed by atoms with E-state index in [-0.39, 0.29) is 12.2 Å². The van der Waals surface area contributed by atoms with Crippen molar-refractivity contribution in [3.63, 3.8) is 0 Å². The molecule has 0 heterocycles. The average Bonchev–Trinajstić information content (AvgIpc) is 2.17. The topological polar surface area (TPSA) is 20.2 Å². The molecule has 82 valence electrons. The highest BCUT2D eigenvalue weighted by Crippen LogP contribution is 2.45. The molecule has 1 atom stereocenters. The van der Waals surface area contributed by atoms with Crippen LogP contribution in [0.2, 0.25) is 0 Å². The van der Waals surface area contributed by atoms with E-state index in [0.29, 0.717) is 18.4 Å². The van der Waals surface area contributed by atoms with E-state index < -0.39 is 11.8 Å². The summed E-state index contributed by atoms with van der Waals surface area (Å²) in [6.07, 6.45) is 1.92. The number of alkyl halides is 2. The molecule has 1 N–H and O–H groups in total. The highest BCUT2D eigenvalue weighted by atomic mass is 19.3. The van der Waals surface area contributed by atoms with Crippen LogP contribution in [0, 0.1) is 0 Å². The number of hydrogen-bond donors (Lipinski definition) is 1. The summed E-state index contributed by atoms with van der Waals surface area (Å²) < 4.78 is 27.2. The third-order valence-corrected chi connectivity index (χ3v) is 3.04. The average molecular weight is 212 g/mol. The molecule has 0 saturated heterocycles. The summed E-state index contributed by atoms with van der Waals surface area (Å²) in [5.41, 5.74) is 0.555. The van der Waals surface area contributed by atoms with Gasteiger partial charge in [-0.2, -0.15) is 0 Å². The second-order valence-corrected chi connectivity index (χ2v) is 4.15. The summed E-state index contributed by atoms with van der Waals surface area (Å²) in [5.74, 6) is -3.28. The molecule has 1 saturated carbocycles. The lowest BCUT2D eigenvalue weighted by Crippen LogP contribution is -2.29. The van der Waals surface area contributed by atoms with Gasteiger partial charge in [-0.05, 0) is 30.5 Å². The molecule has 1 aromatic rings. The Morgan fingerprint density at radius 2 is 2.07 bits per heavy atom. The van der Waals surface area contributed by atoms with E-state index in [9.17, 15) is 13.9 Å². The zero-order valence-electron chi connectivity index (χ0n) is 8.42. The lowest BCUT2D eigenvalue weighted by Gasteiger charge is -2.31. The molecule has 1 aliphatic carbocycles. The Morgan fingerprint density at radius 1 is 1.27 bits per heavy atom. The predicted molar refractivity (Wildman–Crippen MR) is 54.3 cm³/mol. The van der Waals surface area contributed by atoms with Crippen molar-refractivity contribution < 1.29 is 13.9 Å². The molecule has 0 aliphatic heterocycles. The molecule has 1 aromatic carbocycles. The van der Waals surface area contributed by atoms with Crippen LogP contribution in [0.3, 0.4) is 0 Å². The number of rotatable bonds is 1. The van der Waals surface area contributed by atoms with Gasteiger partial charge in [-0.1, -0.05) is 18.6 Å². The monoisotopic (exact) mass is 212 g/mol. The highest BCUT2D eigenvalue weighted by Gasteiger charge is 2.42. The zero-order valence-corrected chi connectivity index (χ0v) is 8.42. The van der Waals surface area contributed by atoms with Gasteiger partial charge in [0.25, 0.3) is 5.92 Å². The van der Waals surface area contributed by atoms with E-state index in [4.69, 9.17) is 0 Å². The third kappa shape index (κ3) is 2.11. The van der Waals surface area contributed by atoms with Crippen molar-refractivity contribution >= 4 is 0 Å². The summed E-state index contributed by atoms with van der Waals surface area (Å²) in [7, 11) is 0. The normalized spacial score (nSPS) is 25.1. The Bertz CT molecular complexity index is 349. The van der Waals surface area contributed by atoms with E-state index in [1.54, 1.807) is 12.1 Å². The van der Waals surface area contributed by atoms with E-state index in [1.807, 2.05) is 0 Å². The van der Waals surface area contributed by atoms with E-state index in [1.165, 1.54) is 12.1 Å². The van der Waals surface area contributed by atoms with Gasteiger partial charge in [0, 0.05) is 12.3 Å². The van der Waals surface area contributed by atoms with Gasteiger partial charge in [0.1, 0.15) is 5.75 Å². The molecule has 15 heavy (non-hydrogen) atoms. The van der Waals surface area contributed by atoms with Crippen LogP contribution in [-0.4, -0.2) is 11.0 Å². The maximum Gasteiger partial charge on any atom is 0.254 e. The largest absolute Gasteiger partial charge is 0.508 e. The van der Waals surface area contributed by atoms with Crippen molar-refractivity contribution in [2.24, 2.45) is 0 Å².